The number of hydrogen-bond acceptors (Lipinski definition) is 9. The monoisotopic (exact) mass is 606 g/mol. The molecule has 4 aromatic rings. The molecule has 0 atom stereocenters. The van der Waals surface area contributed by atoms with Crippen molar-refractivity contribution < 1.29 is 37.7 Å². The van der Waals surface area contributed by atoms with Gasteiger partial charge in [-0.15, -0.1) is 0 Å². The molecule has 0 amide bonds. The molecule has 0 aliphatic heterocycles. The highest BCUT2D eigenvalue weighted by Crippen LogP contribution is 2.33. The first-order chi connectivity index (χ1) is 18.9. The molecule has 0 aliphatic rings. The molecule has 15 heteroatoms. The molecule has 12 nitrogen and oxygen atoms in total. The maximum absolute atomic E-state index is 11.2. The summed E-state index contributed by atoms with van der Waals surface area (Å²) in [6, 6.07) is 12.2. The van der Waals surface area contributed by atoms with E-state index in [4.69, 9.17) is 48.0 Å². The van der Waals surface area contributed by atoms with Crippen LogP contribution in [0.15, 0.2) is 78.3 Å². The zero-order valence-electron chi connectivity index (χ0n) is 20.3. The average molecular weight is 607 g/mol. The minimum atomic E-state index is -3.84. The van der Waals surface area contributed by atoms with Gasteiger partial charge in [-0.25, -0.2) is 33.1 Å². The fraction of sp³-hybridized carbons (Fsp3) is 0.0800. The highest BCUT2D eigenvalue weighted by molar-refractivity contribution is 7.89. The molecule has 4 N–H and O–H groups in total. The first-order valence-electron chi connectivity index (χ1n) is 11.0. The van der Waals surface area contributed by atoms with E-state index >= 15 is 0 Å². The van der Waals surface area contributed by atoms with Crippen LogP contribution in [0.5, 0.6) is 11.5 Å². The summed E-state index contributed by atoms with van der Waals surface area (Å²) in [6.07, 6.45) is 5.72. The second-order valence-electron chi connectivity index (χ2n) is 7.70. The summed E-state index contributed by atoms with van der Waals surface area (Å²) >= 11 is 11.8. The van der Waals surface area contributed by atoms with Crippen molar-refractivity contribution in [1.82, 2.24) is 15.0 Å². The maximum atomic E-state index is 11.2. The van der Waals surface area contributed by atoms with Gasteiger partial charge in [0.25, 0.3) is 0 Å². The van der Waals surface area contributed by atoms with Crippen LogP contribution >= 0.6 is 23.2 Å². The molecule has 2 aromatic heterocycles. The van der Waals surface area contributed by atoms with E-state index < -0.39 is 35.2 Å². The first-order valence-corrected chi connectivity index (χ1v) is 13.3. The quantitative estimate of drug-likeness (QED) is 0.251. The number of sulfonamides is 1. The van der Waals surface area contributed by atoms with Crippen LogP contribution in [0.2, 0.25) is 10.0 Å². The highest BCUT2D eigenvalue weighted by atomic mass is 35.5. The summed E-state index contributed by atoms with van der Waals surface area (Å²) in [6.45, 7) is -0.938. The normalized spacial score (nSPS) is 10.7. The summed E-state index contributed by atoms with van der Waals surface area (Å²) in [5.74, 6) is -1.47. The van der Waals surface area contributed by atoms with Crippen molar-refractivity contribution in [2.75, 3.05) is 13.2 Å². The summed E-state index contributed by atoms with van der Waals surface area (Å²) in [7, 11) is -3.84. The number of carbonyl (C=O) groups is 2. The number of pyridine rings is 1. The van der Waals surface area contributed by atoms with Gasteiger partial charge in [-0.1, -0.05) is 23.2 Å². The standard InChI is InChI=1S/C13H11ClN2O5S.C12H9ClN2O3/c14-8-1-4-12(21-7-13(17)18)10(5-8)11-3-2-9(6-16-11)22(15,19)20;13-9-1-2-11(18-6-12(16)17)10(3-9)8-4-14-7-15-5-8/h1-6H,7H2,(H,17,18)(H2,15,19,20);1-5,7H,6H2,(H,16,17). The molecule has 2 heterocycles. The van der Waals surface area contributed by atoms with Gasteiger partial charge in [0.1, 0.15) is 22.7 Å². The molecule has 0 saturated carbocycles. The summed E-state index contributed by atoms with van der Waals surface area (Å²) in [5.41, 5.74) is 2.18. The molecule has 0 aliphatic carbocycles. The smallest absolute Gasteiger partial charge is 0.341 e. The van der Waals surface area contributed by atoms with E-state index in [1.54, 1.807) is 36.7 Å². The number of nitrogens with two attached hydrogens (primary N) is 1. The number of carboxylic acid groups (broad SMARTS) is 2. The van der Waals surface area contributed by atoms with Crippen molar-refractivity contribution in [3.63, 3.8) is 0 Å². The maximum Gasteiger partial charge on any atom is 0.341 e. The third kappa shape index (κ3) is 8.88. The lowest BCUT2D eigenvalue weighted by molar-refractivity contribution is -0.140. The number of primary sulfonamides is 1. The van der Waals surface area contributed by atoms with Gasteiger partial charge in [0.2, 0.25) is 10.0 Å². The van der Waals surface area contributed by atoms with Crippen LogP contribution < -0.4 is 14.6 Å². The number of aliphatic carboxylic acids is 2. The van der Waals surface area contributed by atoms with Crippen molar-refractivity contribution in [1.29, 1.82) is 0 Å². The molecule has 0 spiro atoms. The Morgan fingerprint density at radius 1 is 0.800 bits per heavy atom. The average Bonchev–Trinajstić information content (AvgIpc) is 2.92. The molecular weight excluding hydrogens is 587 g/mol. The second-order valence-corrected chi connectivity index (χ2v) is 10.1. The van der Waals surface area contributed by atoms with Gasteiger partial charge >= 0.3 is 11.9 Å². The van der Waals surface area contributed by atoms with Gasteiger partial charge in [-0.2, -0.15) is 0 Å². The summed E-state index contributed by atoms with van der Waals surface area (Å²) < 4.78 is 32.8. The number of halogens is 2. The van der Waals surface area contributed by atoms with Gasteiger partial charge in [0.05, 0.1) is 5.69 Å². The summed E-state index contributed by atoms with van der Waals surface area (Å²) in [4.78, 5) is 32.8. The predicted octanol–water partition coefficient (Wildman–Crippen LogP) is 3.77. The number of aromatic nitrogens is 3. The Bertz CT molecular complexity index is 1610. The SMILES string of the molecule is NS(=O)(=O)c1ccc(-c2cc(Cl)ccc2OCC(=O)O)nc1.O=C(O)COc1ccc(Cl)cc1-c1cncnc1. The van der Waals surface area contributed by atoms with Gasteiger partial charge in [0, 0.05) is 45.3 Å². The number of rotatable bonds is 9. The van der Waals surface area contributed by atoms with Gasteiger partial charge < -0.3 is 19.7 Å². The number of hydrogen-bond donors (Lipinski definition) is 3. The van der Waals surface area contributed by atoms with E-state index in [1.807, 2.05) is 0 Å². The van der Waals surface area contributed by atoms with Gasteiger partial charge in [-0.3, -0.25) is 4.98 Å². The molecule has 0 bridgehead atoms. The van der Waals surface area contributed by atoms with E-state index in [-0.39, 0.29) is 10.6 Å². The van der Waals surface area contributed by atoms with E-state index in [2.05, 4.69) is 15.0 Å². The fourth-order valence-corrected chi connectivity index (χ4v) is 3.91. The zero-order valence-corrected chi connectivity index (χ0v) is 22.6. The molecule has 0 unspecified atom stereocenters. The molecule has 2 aromatic carbocycles. The Hall–Kier alpha value is -4.30. The van der Waals surface area contributed by atoms with Gasteiger partial charge in [0.15, 0.2) is 13.2 Å². The largest absolute Gasteiger partial charge is 0.481 e. The minimum absolute atomic E-state index is 0.133. The van der Waals surface area contributed by atoms with Crippen LogP contribution in [-0.2, 0) is 19.6 Å². The Labute approximate surface area is 238 Å². The second kappa shape index (κ2) is 13.7. The Kier molecular flexibility index (Phi) is 10.3. The molecule has 0 radical (unpaired) electrons. The van der Waals surface area contributed by atoms with Crippen LogP contribution in [0.4, 0.5) is 0 Å². The molecule has 40 heavy (non-hydrogen) atoms. The lowest BCUT2D eigenvalue weighted by atomic mass is 10.1. The minimum Gasteiger partial charge on any atom is -0.481 e. The van der Waals surface area contributed by atoms with Crippen LogP contribution in [-0.4, -0.2) is 58.7 Å². The molecule has 0 fully saturated rings. The summed E-state index contributed by atoms with van der Waals surface area (Å²) in [5, 5.41) is 23.2. The fourth-order valence-electron chi connectivity index (χ4n) is 3.11. The van der Waals surface area contributed by atoms with E-state index in [9.17, 15) is 18.0 Å². The van der Waals surface area contributed by atoms with Crippen molar-refractivity contribution >= 4 is 45.2 Å². The van der Waals surface area contributed by atoms with Crippen LogP contribution in [0.3, 0.4) is 0 Å². The van der Waals surface area contributed by atoms with E-state index in [0.29, 0.717) is 38.2 Å². The highest BCUT2D eigenvalue weighted by Gasteiger charge is 2.13. The number of benzene rings is 2. The lowest BCUT2D eigenvalue weighted by Crippen LogP contribution is -2.12. The Morgan fingerprint density at radius 3 is 1.80 bits per heavy atom. The van der Waals surface area contributed by atoms with E-state index in [1.165, 1.54) is 30.6 Å². The van der Waals surface area contributed by atoms with Crippen LogP contribution in [0.25, 0.3) is 22.4 Å². The number of nitrogens with zero attached hydrogens (tertiary/aromatic N) is 3. The Morgan fingerprint density at radius 2 is 1.32 bits per heavy atom. The molecule has 208 valence electrons. The number of ether oxygens (including phenoxy) is 2. The third-order valence-electron chi connectivity index (χ3n) is 4.80. The number of carboxylic acids is 2. The molecule has 0 saturated heterocycles. The lowest BCUT2D eigenvalue weighted by Gasteiger charge is -2.10. The van der Waals surface area contributed by atoms with Crippen LogP contribution in [0, 0.1) is 0 Å². The van der Waals surface area contributed by atoms with Crippen molar-refractivity contribution in [3.8, 4) is 33.9 Å². The first kappa shape index (κ1) is 30.2. The van der Waals surface area contributed by atoms with Crippen molar-refractivity contribution in [2.24, 2.45) is 5.14 Å². The van der Waals surface area contributed by atoms with E-state index in [0.717, 1.165) is 6.20 Å². The molecule has 4 rings (SSSR count). The topological polar surface area (TPSA) is 192 Å². The van der Waals surface area contributed by atoms with Gasteiger partial charge in [-0.05, 0) is 48.5 Å². The van der Waals surface area contributed by atoms with Crippen molar-refractivity contribution in [3.05, 3.63) is 83.5 Å². The zero-order chi connectivity index (χ0) is 29.3. The Balaban J connectivity index is 0.000000225. The van der Waals surface area contributed by atoms with Crippen LogP contribution in [0.1, 0.15) is 0 Å². The molecular formula is C25H20Cl2N4O8S. The third-order valence-corrected chi connectivity index (χ3v) is 6.17. The predicted molar refractivity (Wildman–Crippen MR) is 145 cm³/mol. The van der Waals surface area contributed by atoms with Crippen molar-refractivity contribution in [2.45, 2.75) is 4.90 Å².